The highest BCUT2D eigenvalue weighted by Crippen LogP contribution is 2.43. The largest absolute Gasteiger partial charge is 0.497 e. The second-order valence-corrected chi connectivity index (χ2v) is 10.7. The number of carbonyl (C=O) groups is 1. The normalized spacial score (nSPS) is 16.9. The van der Waals surface area contributed by atoms with E-state index in [9.17, 15) is 4.79 Å². The van der Waals surface area contributed by atoms with E-state index in [0.717, 1.165) is 28.0 Å². The smallest absolute Gasteiger partial charge is 0.266 e. The van der Waals surface area contributed by atoms with E-state index < -0.39 is 11.6 Å². The molecule has 11 nitrogen and oxygen atoms in total. The van der Waals surface area contributed by atoms with Crippen molar-refractivity contribution in [1.82, 2.24) is 10.9 Å². The molecule has 0 spiro atoms. The summed E-state index contributed by atoms with van der Waals surface area (Å²) in [5.74, 6) is 1.32. The molecule has 0 unspecified atom stereocenters. The van der Waals surface area contributed by atoms with Crippen LogP contribution in [0.2, 0.25) is 0 Å². The van der Waals surface area contributed by atoms with Gasteiger partial charge in [0.2, 0.25) is 5.90 Å². The molecule has 0 bridgehead atoms. The summed E-state index contributed by atoms with van der Waals surface area (Å²) in [5.41, 5.74) is 17.6. The van der Waals surface area contributed by atoms with Crippen LogP contribution in [0, 0.1) is 0 Å². The zero-order valence-corrected chi connectivity index (χ0v) is 25.5. The third-order valence-corrected chi connectivity index (χ3v) is 7.67. The molecule has 11 heteroatoms. The first kappa shape index (κ1) is 32.1. The molecule has 4 aromatic rings. The Kier molecular flexibility index (Phi) is 10.9. The van der Waals surface area contributed by atoms with Gasteiger partial charge in [0.15, 0.2) is 11.6 Å². The van der Waals surface area contributed by atoms with Crippen molar-refractivity contribution in [2.45, 2.75) is 37.6 Å². The number of benzene rings is 4. The van der Waals surface area contributed by atoms with E-state index in [1.807, 2.05) is 103 Å². The number of hydrazine groups is 1. The SMILES string of the molecule is COc1ccc(CNNC(=O)[C@@]2(Cc3ccccc3CN=[N+]=[N-])N=C(c3ccc(OCCCO)cc3)O[C@H]2c2ccccc2)cc1. The number of ether oxygens (including phenoxy) is 3. The molecule has 1 aliphatic rings. The van der Waals surface area contributed by atoms with Gasteiger partial charge in [-0.25, -0.2) is 10.4 Å². The minimum atomic E-state index is -1.44. The van der Waals surface area contributed by atoms with E-state index in [1.54, 1.807) is 7.11 Å². The summed E-state index contributed by atoms with van der Waals surface area (Å²) in [6.45, 7) is 0.940. The molecule has 1 amide bonds. The maximum Gasteiger partial charge on any atom is 0.266 e. The van der Waals surface area contributed by atoms with E-state index in [-0.39, 0.29) is 25.5 Å². The van der Waals surface area contributed by atoms with Gasteiger partial charge in [-0.05, 0) is 64.2 Å². The van der Waals surface area contributed by atoms with Crippen LogP contribution in [-0.2, 0) is 29.0 Å². The summed E-state index contributed by atoms with van der Waals surface area (Å²) < 4.78 is 17.5. The molecule has 236 valence electrons. The summed E-state index contributed by atoms with van der Waals surface area (Å²) in [7, 11) is 1.61. The van der Waals surface area contributed by atoms with Crippen molar-refractivity contribution >= 4 is 11.8 Å². The summed E-state index contributed by atoms with van der Waals surface area (Å²) in [5, 5.41) is 12.8. The lowest BCUT2D eigenvalue weighted by atomic mass is 9.81. The minimum absolute atomic E-state index is 0.0503. The van der Waals surface area contributed by atoms with E-state index in [2.05, 4.69) is 20.9 Å². The Labute approximate surface area is 267 Å². The van der Waals surface area contributed by atoms with Crippen molar-refractivity contribution in [3.05, 3.63) is 141 Å². The number of nitrogens with zero attached hydrogens (tertiary/aromatic N) is 4. The molecule has 0 aromatic heterocycles. The van der Waals surface area contributed by atoms with Gasteiger partial charge in [-0.15, -0.1) is 0 Å². The van der Waals surface area contributed by atoms with Crippen LogP contribution in [0.3, 0.4) is 0 Å². The van der Waals surface area contributed by atoms with E-state index >= 15 is 0 Å². The molecule has 46 heavy (non-hydrogen) atoms. The molecule has 0 radical (unpaired) electrons. The third-order valence-electron chi connectivity index (χ3n) is 7.67. The van der Waals surface area contributed by atoms with Crippen LogP contribution < -0.4 is 20.3 Å². The van der Waals surface area contributed by atoms with Gasteiger partial charge in [-0.3, -0.25) is 10.2 Å². The molecule has 3 N–H and O–H groups in total. The van der Waals surface area contributed by atoms with Gasteiger partial charge >= 0.3 is 0 Å². The number of aliphatic hydroxyl groups excluding tert-OH is 1. The monoisotopic (exact) mass is 620 g/mol. The molecule has 4 aromatic carbocycles. The predicted octanol–water partition coefficient (Wildman–Crippen LogP) is 5.59. The number of carbonyl (C=O) groups excluding carboxylic acids is 1. The maximum absolute atomic E-state index is 14.4. The fourth-order valence-corrected chi connectivity index (χ4v) is 5.27. The van der Waals surface area contributed by atoms with Gasteiger partial charge in [-0.2, -0.15) is 0 Å². The first-order valence-electron chi connectivity index (χ1n) is 15.0. The average molecular weight is 621 g/mol. The molecule has 0 aliphatic carbocycles. The lowest BCUT2D eigenvalue weighted by molar-refractivity contribution is -0.130. The molecule has 1 aliphatic heterocycles. The fraction of sp³-hybridized carbons (Fsp3) is 0.257. The van der Waals surface area contributed by atoms with Crippen LogP contribution >= 0.6 is 0 Å². The topological polar surface area (TPSA) is 150 Å². The van der Waals surface area contributed by atoms with Gasteiger partial charge < -0.3 is 19.3 Å². The Morgan fingerprint density at radius 2 is 1.67 bits per heavy atom. The van der Waals surface area contributed by atoms with E-state index in [4.69, 9.17) is 29.8 Å². The Bertz CT molecular complexity index is 1670. The zero-order chi connectivity index (χ0) is 32.2. The number of azide groups is 1. The average Bonchev–Trinajstić information content (AvgIpc) is 3.49. The number of hydrogen-bond donors (Lipinski definition) is 3. The van der Waals surface area contributed by atoms with Crippen LogP contribution in [0.1, 0.15) is 40.3 Å². The summed E-state index contributed by atoms with van der Waals surface area (Å²) in [4.78, 5) is 22.4. The van der Waals surface area contributed by atoms with Crippen molar-refractivity contribution in [2.75, 3.05) is 20.3 Å². The lowest BCUT2D eigenvalue weighted by Gasteiger charge is -2.31. The van der Waals surface area contributed by atoms with Crippen LogP contribution in [0.15, 0.2) is 113 Å². The standard InChI is InChI=1S/C35H36N6O5/c1-44-30-16-12-25(13-17-30)23-37-40-34(43)35(22-28-10-5-6-11-29(28)24-38-41-36)32(26-8-3-2-4-9-26)46-33(39-35)27-14-18-31(19-15-27)45-21-7-20-42/h2-6,8-19,32,37,42H,7,20-24H2,1H3,(H,40,43)/t32-,35-/m0/s1. The Hall–Kier alpha value is -5.35. The Morgan fingerprint density at radius 1 is 0.978 bits per heavy atom. The fourth-order valence-electron chi connectivity index (χ4n) is 5.27. The number of hydrogen-bond acceptors (Lipinski definition) is 8. The van der Waals surface area contributed by atoms with Crippen molar-refractivity contribution in [2.24, 2.45) is 10.1 Å². The van der Waals surface area contributed by atoms with E-state index in [1.165, 1.54) is 0 Å². The van der Waals surface area contributed by atoms with Crippen LogP contribution in [0.4, 0.5) is 0 Å². The molecule has 1 heterocycles. The quantitative estimate of drug-likeness (QED) is 0.0519. The van der Waals surface area contributed by atoms with Crippen LogP contribution in [-0.4, -0.2) is 42.8 Å². The van der Waals surface area contributed by atoms with Crippen molar-refractivity contribution in [1.29, 1.82) is 0 Å². The number of nitrogens with one attached hydrogen (secondary N) is 2. The molecule has 5 rings (SSSR count). The molecule has 2 atom stereocenters. The van der Waals surface area contributed by atoms with Crippen LogP contribution in [0.5, 0.6) is 11.5 Å². The van der Waals surface area contributed by atoms with Gasteiger partial charge in [0, 0.05) is 36.5 Å². The number of aliphatic imine (C=N–C) groups is 1. The number of aliphatic hydroxyl groups is 1. The number of amides is 1. The number of rotatable bonds is 15. The van der Waals surface area contributed by atoms with Crippen molar-refractivity contribution in [3.63, 3.8) is 0 Å². The second kappa shape index (κ2) is 15.6. The van der Waals surface area contributed by atoms with Gasteiger partial charge in [0.05, 0.1) is 20.3 Å². The highest BCUT2D eigenvalue weighted by Gasteiger charge is 2.53. The molecule has 0 saturated carbocycles. The van der Waals surface area contributed by atoms with Crippen LogP contribution in [0.25, 0.3) is 10.4 Å². The molecular weight excluding hydrogens is 584 g/mol. The molecule has 0 fully saturated rings. The first-order chi connectivity index (χ1) is 22.6. The molecular formula is C35H36N6O5. The van der Waals surface area contributed by atoms with Gasteiger partial charge in [0.25, 0.3) is 5.91 Å². The Balaban J connectivity index is 1.52. The van der Waals surface area contributed by atoms with Gasteiger partial charge in [0.1, 0.15) is 11.5 Å². The lowest BCUT2D eigenvalue weighted by Crippen LogP contribution is -2.53. The Morgan fingerprint density at radius 3 is 2.37 bits per heavy atom. The summed E-state index contributed by atoms with van der Waals surface area (Å²) >= 11 is 0. The summed E-state index contributed by atoms with van der Waals surface area (Å²) in [6, 6.07) is 31.9. The van der Waals surface area contributed by atoms with Gasteiger partial charge in [-0.1, -0.05) is 71.8 Å². The predicted molar refractivity (Wildman–Crippen MR) is 174 cm³/mol. The van der Waals surface area contributed by atoms with Crippen molar-refractivity contribution < 1.29 is 24.1 Å². The van der Waals surface area contributed by atoms with E-state index in [0.29, 0.717) is 36.8 Å². The highest BCUT2D eigenvalue weighted by molar-refractivity contribution is 6.01. The highest BCUT2D eigenvalue weighted by atomic mass is 16.5. The zero-order valence-electron chi connectivity index (χ0n) is 25.5. The first-order valence-corrected chi connectivity index (χ1v) is 15.0. The minimum Gasteiger partial charge on any atom is -0.497 e. The maximum atomic E-state index is 14.4. The third kappa shape index (κ3) is 7.65. The summed E-state index contributed by atoms with van der Waals surface area (Å²) in [6.07, 6.45) is -0.0767. The number of methoxy groups -OCH3 is 1. The second-order valence-electron chi connectivity index (χ2n) is 10.7. The van der Waals surface area contributed by atoms with Crippen molar-refractivity contribution in [3.8, 4) is 11.5 Å². The molecule has 0 saturated heterocycles.